The van der Waals surface area contributed by atoms with Gasteiger partial charge in [0, 0.05) is 0 Å². The number of amides is 4. The van der Waals surface area contributed by atoms with Gasteiger partial charge >= 0.3 is 6.03 Å². The Bertz CT molecular complexity index is 1160. The second kappa shape index (κ2) is 7.79. The van der Waals surface area contributed by atoms with Gasteiger partial charge in [-0.25, -0.2) is 4.79 Å². The van der Waals surface area contributed by atoms with Crippen LogP contribution in [0.1, 0.15) is 31.2 Å². The molecule has 0 bridgehead atoms. The summed E-state index contributed by atoms with van der Waals surface area (Å²) < 4.78 is 10.5. The number of fused-ring (bicyclic) bond motifs is 1. The lowest BCUT2D eigenvalue weighted by Crippen LogP contribution is -2.43. The standard InChI is InChI=1S/C23H23N3O5/c1-14(19-5-4-10-31-19)24-20(27)13-26-21(28)23(2,25-22(26)29)17-8-6-16-12-18(30-3)9-7-15(16)11-17/h4-12,14H,13H2,1-3H3,(H,24,27)(H,25,29)/t14-,23+/m1/s1. The zero-order chi connectivity index (χ0) is 22.2. The van der Waals surface area contributed by atoms with Crippen LogP contribution in [-0.4, -0.2) is 36.4 Å². The fraction of sp³-hybridized carbons (Fsp3) is 0.261. The van der Waals surface area contributed by atoms with E-state index in [1.54, 1.807) is 39.2 Å². The fourth-order valence-electron chi connectivity index (χ4n) is 3.74. The quantitative estimate of drug-likeness (QED) is 0.596. The van der Waals surface area contributed by atoms with Crippen LogP contribution in [0.5, 0.6) is 5.75 Å². The van der Waals surface area contributed by atoms with Crippen molar-refractivity contribution in [3.63, 3.8) is 0 Å². The number of furan rings is 1. The lowest BCUT2D eigenvalue weighted by molar-refractivity contribution is -0.135. The number of methoxy groups -OCH3 is 1. The third-order valence-corrected chi connectivity index (χ3v) is 5.55. The Kier molecular flexibility index (Phi) is 5.14. The van der Waals surface area contributed by atoms with Crippen LogP contribution in [0, 0.1) is 0 Å². The number of nitrogens with zero attached hydrogens (tertiary/aromatic N) is 1. The van der Waals surface area contributed by atoms with E-state index in [9.17, 15) is 14.4 Å². The van der Waals surface area contributed by atoms with Crippen molar-refractivity contribution in [2.24, 2.45) is 0 Å². The molecule has 1 aromatic heterocycles. The summed E-state index contributed by atoms with van der Waals surface area (Å²) in [6.07, 6.45) is 1.51. The molecule has 1 aliphatic rings. The SMILES string of the molecule is COc1ccc2cc([C@]3(C)NC(=O)N(CC(=O)N[C@H](C)c4ccco4)C3=O)ccc2c1. The molecule has 8 heteroatoms. The summed E-state index contributed by atoms with van der Waals surface area (Å²) in [6.45, 7) is 3.02. The van der Waals surface area contributed by atoms with E-state index < -0.39 is 23.4 Å². The number of rotatable bonds is 6. The molecule has 1 aliphatic heterocycles. The molecule has 1 fully saturated rings. The van der Waals surface area contributed by atoms with Crippen LogP contribution in [0.15, 0.2) is 59.2 Å². The maximum Gasteiger partial charge on any atom is 0.325 e. The Labute approximate surface area is 179 Å². The number of hydrogen-bond acceptors (Lipinski definition) is 5. The van der Waals surface area contributed by atoms with Crippen LogP contribution in [-0.2, 0) is 15.1 Å². The minimum absolute atomic E-state index is 0.379. The number of hydrogen-bond donors (Lipinski definition) is 2. The number of carbonyl (C=O) groups is 3. The van der Waals surface area contributed by atoms with Gasteiger partial charge in [0.05, 0.1) is 19.4 Å². The van der Waals surface area contributed by atoms with Gasteiger partial charge in [0.15, 0.2) is 0 Å². The number of ether oxygens (including phenoxy) is 1. The number of imide groups is 1. The number of benzene rings is 2. The highest BCUT2D eigenvalue weighted by molar-refractivity contribution is 6.09. The zero-order valence-electron chi connectivity index (χ0n) is 17.5. The normalized spacial score (nSPS) is 19.4. The highest BCUT2D eigenvalue weighted by Gasteiger charge is 2.49. The predicted molar refractivity (Wildman–Crippen MR) is 113 cm³/mol. The molecule has 3 aromatic rings. The molecule has 4 amide bonds. The Balaban J connectivity index is 1.52. The Morgan fingerprint density at radius 1 is 1.19 bits per heavy atom. The van der Waals surface area contributed by atoms with Gasteiger partial charge in [-0.1, -0.05) is 18.2 Å². The molecule has 2 aromatic carbocycles. The molecule has 0 aliphatic carbocycles. The van der Waals surface area contributed by atoms with E-state index in [1.807, 2.05) is 30.3 Å². The van der Waals surface area contributed by atoms with Crippen molar-refractivity contribution in [2.75, 3.05) is 13.7 Å². The van der Waals surface area contributed by atoms with Crippen LogP contribution >= 0.6 is 0 Å². The maximum absolute atomic E-state index is 13.1. The third kappa shape index (κ3) is 3.72. The van der Waals surface area contributed by atoms with Crippen LogP contribution < -0.4 is 15.4 Å². The van der Waals surface area contributed by atoms with Gasteiger partial charge in [0.2, 0.25) is 5.91 Å². The molecule has 0 unspecified atom stereocenters. The molecule has 2 atom stereocenters. The smallest absolute Gasteiger partial charge is 0.325 e. The lowest BCUT2D eigenvalue weighted by Gasteiger charge is -2.23. The molecular formula is C23H23N3O5. The summed E-state index contributed by atoms with van der Waals surface area (Å²) in [6, 6.07) is 13.6. The summed E-state index contributed by atoms with van der Waals surface area (Å²) in [5.41, 5.74) is -0.631. The van der Waals surface area contributed by atoms with E-state index in [-0.39, 0.29) is 12.6 Å². The average Bonchev–Trinajstić information content (AvgIpc) is 3.37. The number of urea groups is 1. The first-order chi connectivity index (χ1) is 14.8. The zero-order valence-corrected chi connectivity index (χ0v) is 17.5. The van der Waals surface area contributed by atoms with Crippen molar-refractivity contribution in [3.8, 4) is 5.75 Å². The number of nitrogens with one attached hydrogen (secondary N) is 2. The van der Waals surface area contributed by atoms with Gasteiger partial charge in [-0.15, -0.1) is 0 Å². The van der Waals surface area contributed by atoms with Gasteiger partial charge in [-0.2, -0.15) is 0 Å². The van der Waals surface area contributed by atoms with Crippen LogP contribution in [0.25, 0.3) is 10.8 Å². The van der Waals surface area contributed by atoms with Crippen molar-refractivity contribution in [1.82, 2.24) is 15.5 Å². The monoisotopic (exact) mass is 421 g/mol. The van der Waals surface area contributed by atoms with E-state index in [0.717, 1.165) is 21.4 Å². The summed E-state index contributed by atoms with van der Waals surface area (Å²) >= 11 is 0. The summed E-state index contributed by atoms with van der Waals surface area (Å²) in [5, 5.41) is 7.33. The maximum atomic E-state index is 13.1. The molecule has 31 heavy (non-hydrogen) atoms. The molecule has 4 rings (SSSR count). The molecule has 1 saturated heterocycles. The van der Waals surface area contributed by atoms with Gasteiger partial charge < -0.3 is 19.8 Å². The molecule has 0 radical (unpaired) electrons. The molecule has 0 saturated carbocycles. The first-order valence-electron chi connectivity index (χ1n) is 9.87. The van der Waals surface area contributed by atoms with Crippen molar-refractivity contribution >= 4 is 28.6 Å². The molecule has 2 N–H and O–H groups in total. The van der Waals surface area contributed by atoms with E-state index in [4.69, 9.17) is 9.15 Å². The topological polar surface area (TPSA) is 101 Å². The Morgan fingerprint density at radius 3 is 2.65 bits per heavy atom. The minimum atomic E-state index is -1.27. The molecule has 160 valence electrons. The summed E-state index contributed by atoms with van der Waals surface area (Å²) in [5.74, 6) is 0.384. The Hall–Kier alpha value is -3.81. The first-order valence-corrected chi connectivity index (χ1v) is 9.87. The van der Waals surface area contributed by atoms with Gasteiger partial charge in [-0.05, 0) is 60.5 Å². The van der Waals surface area contributed by atoms with Gasteiger partial charge in [0.1, 0.15) is 23.6 Å². The van der Waals surface area contributed by atoms with E-state index in [0.29, 0.717) is 11.3 Å². The largest absolute Gasteiger partial charge is 0.497 e. The van der Waals surface area contributed by atoms with Crippen molar-refractivity contribution in [3.05, 3.63) is 66.1 Å². The lowest BCUT2D eigenvalue weighted by atomic mass is 9.90. The molecule has 8 nitrogen and oxygen atoms in total. The second-order valence-electron chi connectivity index (χ2n) is 7.68. The van der Waals surface area contributed by atoms with E-state index in [2.05, 4.69) is 10.6 Å². The molecule has 0 spiro atoms. The summed E-state index contributed by atoms with van der Waals surface area (Å²) in [4.78, 5) is 39.1. The van der Waals surface area contributed by atoms with Gasteiger partial charge in [-0.3, -0.25) is 14.5 Å². The van der Waals surface area contributed by atoms with Crippen LogP contribution in [0.4, 0.5) is 4.79 Å². The van der Waals surface area contributed by atoms with Crippen LogP contribution in [0.3, 0.4) is 0 Å². The third-order valence-electron chi connectivity index (χ3n) is 5.55. The fourth-order valence-corrected chi connectivity index (χ4v) is 3.74. The number of carbonyl (C=O) groups excluding carboxylic acids is 3. The van der Waals surface area contributed by atoms with E-state index >= 15 is 0 Å². The highest BCUT2D eigenvalue weighted by atomic mass is 16.5. The Morgan fingerprint density at radius 2 is 1.94 bits per heavy atom. The average molecular weight is 421 g/mol. The summed E-state index contributed by atoms with van der Waals surface area (Å²) in [7, 11) is 1.60. The van der Waals surface area contributed by atoms with Crippen molar-refractivity contribution in [1.29, 1.82) is 0 Å². The molecular weight excluding hydrogens is 398 g/mol. The van der Waals surface area contributed by atoms with Gasteiger partial charge in [0.25, 0.3) is 5.91 Å². The molecule has 2 heterocycles. The minimum Gasteiger partial charge on any atom is -0.497 e. The first kappa shape index (κ1) is 20.5. The van der Waals surface area contributed by atoms with Crippen LogP contribution in [0.2, 0.25) is 0 Å². The predicted octanol–water partition coefficient (Wildman–Crippen LogP) is 3.09. The van der Waals surface area contributed by atoms with Crippen molar-refractivity contribution in [2.45, 2.75) is 25.4 Å². The highest BCUT2D eigenvalue weighted by Crippen LogP contribution is 2.32. The second-order valence-corrected chi connectivity index (χ2v) is 7.68. The van der Waals surface area contributed by atoms with E-state index in [1.165, 1.54) is 6.26 Å². The van der Waals surface area contributed by atoms with Crippen molar-refractivity contribution < 1.29 is 23.5 Å².